The lowest BCUT2D eigenvalue weighted by Crippen LogP contribution is -2.31. The minimum atomic E-state index is -3.66. The molecule has 1 unspecified atom stereocenters. The number of hydrogen-bond acceptors (Lipinski definition) is 5. The van der Waals surface area contributed by atoms with Gasteiger partial charge in [-0.25, -0.2) is 0 Å². The fourth-order valence-corrected chi connectivity index (χ4v) is 4.79. The molecule has 0 fully saturated rings. The lowest BCUT2D eigenvalue weighted by Gasteiger charge is -2.30. The van der Waals surface area contributed by atoms with Crippen LogP contribution in [0, 0.1) is 0 Å². The highest BCUT2D eigenvalue weighted by Crippen LogP contribution is 2.56. The molecule has 0 aliphatic rings. The molecule has 146 valence electrons. The molecule has 1 aromatic carbocycles. The summed E-state index contributed by atoms with van der Waals surface area (Å²) in [7, 11) is -3.66. The van der Waals surface area contributed by atoms with Gasteiger partial charge in [0, 0.05) is 6.92 Å². The van der Waals surface area contributed by atoms with Crippen LogP contribution in [-0.2, 0) is 29.6 Å². The second-order valence-corrected chi connectivity index (χ2v) is 8.58. The van der Waals surface area contributed by atoms with E-state index >= 15 is 0 Å². The van der Waals surface area contributed by atoms with Gasteiger partial charge in [-0.05, 0) is 46.6 Å². The van der Waals surface area contributed by atoms with Gasteiger partial charge in [0.25, 0.3) is 0 Å². The molecule has 7 heteroatoms. The van der Waals surface area contributed by atoms with Crippen molar-refractivity contribution in [3.63, 3.8) is 0 Å². The number of ether oxygens (including phenoxy) is 1. The molecule has 0 heterocycles. The van der Waals surface area contributed by atoms with Crippen molar-refractivity contribution in [1.29, 1.82) is 0 Å². The molecule has 1 rings (SSSR count). The Kier molecular flexibility index (Phi) is 9.20. The quantitative estimate of drug-likeness (QED) is 0.353. The summed E-state index contributed by atoms with van der Waals surface area (Å²) >= 11 is 0. The first kappa shape index (κ1) is 22.6. The van der Waals surface area contributed by atoms with E-state index in [1.54, 1.807) is 34.6 Å². The zero-order valence-electron chi connectivity index (χ0n) is 16.5. The maximum Gasteiger partial charge on any atom is 0.343 e. The van der Waals surface area contributed by atoms with E-state index in [4.69, 9.17) is 13.8 Å². The van der Waals surface area contributed by atoms with Crippen LogP contribution >= 0.6 is 7.60 Å². The van der Waals surface area contributed by atoms with Gasteiger partial charge in [-0.2, -0.15) is 4.99 Å². The van der Waals surface area contributed by atoms with Gasteiger partial charge in [-0.3, -0.25) is 9.36 Å². The molecular weight excluding hydrogens is 353 g/mol. The first-order valence-electron chi connectivity index (χ1n) is 8.90. The zero-order valence-corrected chi connectivity index (χ0v) is 17.4. The fraction of sp³-hybridized carbons (Fsp3) is 0.579. The van der Waals surface area contributed by atoms with Gasteiger partial charge in [-0.15, -0.1) is 0 Å². The van der Waals surface area contributed by atoms with Crippen molar-refractivity contribution in [3.05, 3.63) is 35.9 Å². The van der Waals surface area contributed by atoms with Gasteiger partial charge in [0.2, 0.25) is 11.8 Å². The van der Waals surface area contributed by atoms with Crippen LogP contribution in [-0.4, -0.2) is 36.3 Å². The van der Waals surface area contributed by atoms with E-state index in [1.165, 1.54) is 6.92 Å². The molecule has 0 bridgehead atoms. The molecule has 0 aromatic heterocycles. The molecule has 0 radical (unpaired) electrons. The van der Waals surface area contributed by atoms with Crippen molar-refractivity contribution in [2.75, 3.05) is 6.61 Å². The molecular formula is C19H30NO5P. The number of carbonyl (C=O) groups is 1. The van der Waals surface area contributed by atoms with Crippen molar-refractivity contribution in [2.45, 2.75) is 65.8 Å². The largest absolute Gasteiger partial charge is 0.480 e. The molecule has 0 N–H and O–H groups in total. The number of amides is 1. The third kappa shape index (κ3) is 7.40. The molecule has 26 heavy (non-hydrogen) atoms. The Morgan fingerprint density at radius 2 is 1.62 bits per heavy atom. The summed E-state index contributed by atoms with van der Waals surface area (Å²) < 4.78 is 30.8. The van der Waals surface area contributed by atoms with E-state index < -0.39 is 19.2 Å². The Balaban J connectivity index is 3.42. The van der Waals surface area contributed by atoms with Crippen LogP contribution in [0.4, 0.5) is 0 Å². The maximum absolute atomic E-state index is 13.7. The number of aliphatic imine (C=N–C) groups is 1. The smallest absolute Gasteiger partial charge is 0.343 e. The average molecular weight is 383 g/mol. The Morgan fingerprint density at radius 1 is 1.08 bits per heavy atom. The summed E-state index contributed by atoms with van der Waals surface area (Å²) in [5, 5.41) is 0. The highest BCUT2D eigenvalue weighted by Gasteiger charge is 2.43. The monoisotopic (exact) mass is 383 g/mol. The highest BCUT2D eigenvalue weighted by atomic mass is 31.2. The summed E-state index contributed by atoms with van der Waals surface area (Å²) in [6.07, 6.45) is -0.319. The minimum absolute atomic E-state index is 0.0912. The molecule has 0 spiro atoms. The second-order valence-electron chi connectivity index (χ2n) is 6.46. The Bertz CT molecular complexity index is 629. The summed E-state index contributed by atoms with van der Waals surface area (Å²) in [6, 6.07) is 9.53. The van der Waals surface area contributed by atoms with Crippen molar-refractivity contribution < 1.29 is 23.1 Å². The molecule has 0 aliphatic carbocycles. The summed E-state index contributed by atoms with van der Waals surface area (Å²) in [4.78, 5) is 15.6. The summed E-state index contributed by atoms with van der Waals surface area (Å²) in [5.41, 5.74) is 0.118. The number of benzene rings is 1. The van der Waals surface area contributed by atoms with Crippen LogP contribution in [0.1, 0.15) is 47.1 Å². The van der Waals surface area contributed by atoms with E-state index in [0.717, 1.165) is 5.56 Å². The van der Waals surface area contributed by atoms with E-state index in [-0.39, 0.29) is 18.1 Å². The minimum Gasteiger partial charge on any atom is -0.480 e. The van der Waals surface area contributed by atoms with E-state index in [0.29, 0.717) is 13.0 Å². The second kappa shape index (κ2) is 10.6. The SMILES string of the molecule is CCOC(=NC(C)=O)C(Cc1ccccc1)P(=O)(OC(C)C)OC(C)C. The van der Waals surface area contributed by atoms with Gasteiger partial charge in [0.05, 0.1) is 18.8 Å². The maximum atomic E-state index is 13.7. The zero-order chi connectivity index (χ0) is 19.7. The third-order valence-corrected chi connectivity index (χ3v) is 5.81. The molecule has 1 amide bonds. The van der Waals surface area contributed by atoms with E-state index in [2.05, 4.69) is 4.99 Å². The van der Waals surface area contributed by atoms with Crippen LogP contribution in [0.2, 0.25) is 0 Å². The fourth-order valence-electron chi connectivity index (χ4n) is 2.44. The first-order valence-corrected chi connectivity index (χ1v) is 10.5. The van der Waals surface area contributed by atoms with E-state index in [1.807, 2.05) is 30.3 Å². The molecule has 0 saturated heterocycles. The molecule has 0 aliphatic heterocycles. The molecule has 6 nitrogen and oxygen atoms in total. The van der Waals surface area contributed by atoms with Crippen molar-refractivity contribution in [1.82, 2.24) is 0 Å². The Morgan fingerprint density at radius 3 is 2.04 bits per heavy atom. The topological polar surface area (TPSA) is 74.2 Å². The van der Waals surface area contributed by atoms with Crippen LogP contribution < -0.4 is 0 Å². The molecule has 1 atom stereocenters. The van der Waals surface area contributed by atoms with Crippen molar-refractivity contribution in [2.24, 2.45) is 4.99 Å². The summed E-state index contributed by atoms with van der Waals surface area (Å²) in [5.74, 6) is -0.333. The van der Waals surface area contributed by atoms with Gasteiger partial charge < -0.3 is 13.8 Å². The van der Waals surface area contributed by atoms with Crippen LogP contribution in [0.3, 0.4) is 0 Å². The third-order valence-electron chi connectivity index (χ3n) is 3.21. The lowest BCUT2D eigenvalue weighted by molar-refractivity contribution is -0.115. The normalized spacial score (nSPS) is 13.9. The number of carbonyl (C=O) groups excluding carboxylic acids is 1. The first-order chi connectivity index (χ1) is 12.2. The van der Waals surface area contributed by atoms with Crippen LogP contribution in [0.5, 0.6) is 0 Å². The lowest BCUT2D eigenvalue weighted by atomic mass is 10.1. The Hall–Kier alpha value is -1.49. The van der Waals surface area contributed by atoms with Crippen LogP contribution in [0.15, 0.2) is 35.3 Å². The van der Waals surface area contributed by atoms with Gasteiger partial charge in [0.1, 0.15) is 5.66 Å². The number of rotatable bonds is 9. The van der Waals surface area contributed by atoms with Crippen LogP contribution in [0.25, 0.3) is 0 Å². The number of nitrogens with zero attached hydrogens (tertiary/aromatic N) is 1. The van der Waals surface area contributed by atoms with Crippen molar-refractivity contribution in [3.8, 4) is 0 Å². The average Bonchev–Trinajstić information content (AvgIpc) is 2.51. The van der Waals surface area contributed by atoms with E-state index in [9.17, 15) is 9.36 Å². The Labute approximate surface area is 156 Å². The summed E-state index contributed by atoms with van der Waals surface area (Å²) in [6.45, 7) is 10.6. The predicted octanol–water partition coefficient (Wildman–Crippen LogP) is 4.62. The van der Waals surface area contributed by atoms with Gasteiger partial charge in [0.15, 0.2) is 0 Å². The van der Waals surface area contributed by atoms with Crippen molar-refractivity contribution >= 4 is 19.4 Å². The van der Waals surface area contributed by atoms with Gasteiger partial charge >= 0.3 is 7.60 Å². The highest BCUT2D eigenvalue weighted by molar-refractivity contribution is 7.55. The molecule has 1 aromatic rings. The van der Waals surface area contributed by atoms with Gasteiger partial charge in [-0.1, -0.05) is 30.3 Å². The predicted molar refractivity (Wildman–Crippen MR) is 104 cm³/mol. The standard InChI is InChI=1S/C19H30NO5P/c1-7-23-19(20-16(6)21)18(13-17-11-9-8-10-12-17)26(22,24-14(2)3)25-15(4)5/h8-12,14-15,18H,7,13H2,1-6H3. The number of hydrogen-bond donors (Lipinski definition) is 0. The molecule has 0 saturated carbocycles.